The lowest BCUT2D eigenvalue weighted by Crippen LogP contribution is -2.53. The fourth-order valence-electron chi connectivity index (χ4n) is 2.65. The molecular weight excluding hydrogens is 200 g/mol. The second kappa shape index (κ2) is 7.25. The minimum atomic E-state index is 0.325. The van der Waals surface area contributed by atoms with Crippen molar-refractivity contribution in [1.82, 2.24) is 4.90 Å². The smallest absolute Gasteiger partial charge is 0.0700 e. The average Bonchev–Trinajstić information content (AvgIpc) is 2.31. The van der Waals surface area contributed by atoms with Gasteiger partial charge in [0.1, 0.15) is 0 Å². The number of hydrogen-bond donors (Lipinski definition) is 1. The first-order chi connectivity index (χ1) is 7.72. The van der Waals surface area contributed by atoms with Gasteiger partial charge in [-0.05, 0) is 19.3 Å². The summed E-state index contributed by atoms with van der Waals surface area (Å²) in [6, 6.07) is 0.864. The van der Waals surface area contributed by atoms with Gasteiger partial charge in [0.05, 0.1) is 12.7 Å². The summed E-state index contributed by atoms with van der Waals surface area (Å²) < 4.78 is 5.71. The molecule has 0 aromatic heterocycles. The zero-order chi connectivity index (χ0) is 12.0. The molecule has 3 atom stereocenters. The van der Waals surface area contributed by atoms with Crippen LogP contribution in [0, 0.1) is 0 Å². The molecule has 3 unspecified atom stereocenters. The molecule has 3 nitrogen and oxygen atoms in total. The van der Waals surface area contributed by atoms with Crippen molar-refractivity contribution in [3.8, 4) is 0 Å². The third-order valence-electron chi connectivity index (χ3n) is 3.63. The van der Waals surface area contributed by atoms with Gasteiger partial charge in [-0.25, -0.2) is 0 Å². The van der Waals surface area contributed by atoms with Gasteiger partial charge in [-0.2, -0.15) is 0 Å². The molecule has 2 N–H and O–H groups in total. The van der Waals surface area contributed by atoms with Crippen molar-refractivity contribution in [2.45, 2.75) is 64.6 Å². The van der Waals surface area contributed by atoms with Crippen LogP contribution in [0.3, 0.4) is 0 Å². The van der Waals surface area contributed by atoms with Crippen LogP contribution in [0.2, 0.25) is 0 Å². The lowest BCUT2D eigenvalue weighted by molar-refractivity contribution is -0.0486. The Labute approximate surface area is 100 Å². The SMILES string of the molecule is CCCC(N)C(CC)N1CCOC(CC)C1. The van der Waals surface area contributed by atoms with Crippen LogP contribution in [-0.2, 0) is 4.74 Å². The van der Waals surface area contributed by atoms with Gasteiger partial charge in [0.15, 0.2) is 0 Å². The number of morpholine rings is 1. The fraction of sp³-hybridized carbons (Fsp3) is 1.00. The van der Waals surface area contributed by atoms with Gasteiger partial charge >= 0.3 is 0 Å². The molecule has 0 amide bonds. The molecule has 0 spiro atoms. The Morgan fingerprint density at radius 2 is 2.12 bits per heavy atom. The van der Waals surface area contributed by atoms with E-state index in [1.807, 2.05) is 0 Å². The summed E-state index contributed by atoms with van der Waals surface area (Å²) in [5.41, 5.74) is 6.27. The molecule has 16 heavy (non-hydrogen) atoms. The molecule has 3 heteroatoms. The van der Waals surface area contributed by atoms with E-state index < -0.39 is 0 Å². The standard InChI is InChI=1S/C13H28N2O/c1-4-7-12(14)13(6-3)15-8-9-16-11(5-2)10-15/h11-13H,4-10,14H2,1-3H3. The first-order valence-corrected chi connectivity index (χ1v) is 6.84. The Bertz CT molecular complexity index is 187. The van der Waals surface area contributed by atoms with E-state index >= 15 is 0 Å². The van der Waals surface area contributed by atoms with E-state index in [-0.39, 0.29) is 0 Å². The van der Waals surface area contributed by atoms with Crippen LogP contribution < -0.4 is 5.73 Å². The van der Waals surface area contributed by atoms with Crippen molar-refractivity contribution >= 4 is 0 Å². The topological polar surface area (TPSA) is 38.5 Å². The molecule has 0 aromatic carbocycles. The first kappa shape index (κ1) is 13.9. The Hall–Kier alpha value is -0.120. The number of nitrogens with two attached hydrogens (primary N) is 1. The minimum Gasteiger partial charge on any atom is -0.376 e. The Morgan fingerprint density at radius 1 is 1.38 bits per heavy atom. The predicted molar refractivity (Wildman–Crippen MR) is 68.6 cm³/mol. The Morgan fingerprint density at radius 3 is 2.69 bits per heavy atom. The van der Waals surface area contributed by atoms with E-state index in [4.69, 9.17) is 10.5 Å². The van der Waals surface area contributed by atoms with Crippen LogP contribution >= 0.6 is 0 Å². The van der Waals surface area contributed by atoms with Crippen LogP contribution in [0.5, 0.6) is 0 Å². The van der Waals surface area contributed by atoms with Crippen molar-refractivity contribution in [1.29, 1.82) is 0 Å². The second-order valence-corrected chi connectivity index (χ2v) is 4.82. The van der Waals surface area contributed by atoms with Crippen molar-refractivity contribution < 1.29 is 4.74 Å². The molecule has 0 bridgehead atoms. The Balaban J connectivity index is 2.50. The lowest BCUT2D eigenvalue weighted by Gasteiger charge is -2.40. The van der Waals surface area contributed by atoms with E-state index in [2.05, 4.69) is 25.7 Å². The Kier molecular flexibility index (Phi) is 6.32. The van der Waals surface area contributed by atoms with E-state index in [1.165, 1.54) is 6.42 Å². The molecule has 1 saturated heterocycles. The van der Waals surface area contributed by atoms with Gasteiger partial charge in [-0.3, -0.25) is 4.90 Å². The van der Waals surface area contributed by atoms with Crippen LogP contribution in [0.25, 0.3) is 0 Å². The van der Waals surface area contributed by atoms with Crippen LogP contribution in [0.1, 0.15) is 46.5 Å². The summed E-state index contributed by atoms with van der Waals surface area (Å²) in [7, 11) is 0. The molecule has 1 aliphatic heterocycles. The molecule has 1 fully saturated rings. The van der Waals surface area contributed by atoms with E-state index in [0.29, 0.717) is 18.2 Å². The largest absolute Gasteiger partial charge is 0.376 e. The van der Waals surface area contributed by atoms with Crippen LogP contribution in [0.15, 0.2) is 0 Å². The highest BCUT2D eigenvalue weighted by atomic mass is 16.5. The van der Waals surface area contributed by atoms with Gasteiger partial charge in [0.25, 0.3) is 0 Å². The van der Waals surface area contributed by atoms with Crippen molar-refractivity contribution in [2.24, 2.45) is 5.73 Å². The maximum atomic E-state index is 6.27. The monoisotopic (exact) mass is 228 g/mol. The number of rotatable bonds is 6. The maximum absolute atomic E-state index is 6.27. The summed E-state index contributed by atoms with van der Waals surface area (Å²) in [6.07, 6.45) is 4.98. The number of hydrogen-bond acceptors (Lipinski definition) is 3. The summed E-state index contributed by atoms with van der Waals surface area (Å²) in [5, 5.41) is 0. The van der Waals surface area contributed by atoms with E-state index in [9.17, 15) is 0 Å². The first-order valence-electron chi connectivity index (χ1n) is 6.84. The van der Waals surface area contributed by atoms with Gasteiger partial charge in [-0.15, -0.1) is 0 Å². The van der Waals surface area contributed by atoms with Gasteiger partial charge < -0.3 is 10.5 Å². The highest BCUT2D eigenvalue weighted by Crippen LogP contribution is 2.17. The van der Waals surface area contributed by atoms with E-state index in [0.717, 1.165) is 39.0 Å². The van der Waals surface area contributed by atoms with Crippen LogP contribution in [-0.4, -0.2) is 42.8 Å². The zero-order valence-corrected chi connectivity index (χ0v) is 11.1. The highest BCUT2D eigenvalue weighted by Gasteiger charge is 2.27. The summed E-state index contributed by atoms with van der Waals surface area (Å²) in [5.74, 6) is 0. The summed E-state index contributed by atoms with van der Waals surface area (Å²) >= 11 is 0. The van der Waals surface area contributed by atoms with Crippen molar-refractivity contribution in [2.75, 3.05) is 19.7 Å². The number of nitrogens with zero attached hydrogens (tertiary/aromatic N) is 1. The minimum absolute atomic E-state index is 0.325. The molecule has 1 aliphatic rings. The van der Waals surface area contributed by atoms with Crippen LogP contribution in [0.4, 0.5) is 0 Å². The normalized spacial score (nSPS) is 26.6. The molecular formula is C13H28N2O. The van der Waals surface area contributed by atoms with Crippen molar-refractivity contribution in [3.63, 3.8) is 0 Å². The fourth-order valence-corrected chi connectivity index (χ4v) is 2.65. The van der Waals surface area contributed by atoms with Gasteiger partial charge in [0.2, 0.25) is 0 Å². The molecule has 96 valence electrons. The third kappa shape index (κ3) is 3.72. The molecule has 0 aromatic rings. The number of ether oxygens (including phenoxy) is 1. The summed E-state index contributed by atoms with van der Waals surface area (Å²) in [4.78, 5) is 2.54. The molecule has 0 radical (unpaired) electrons. The van der Waals surface area contributed by atoms with Gasteiger partial charge in [0, 0.05) is 25.2 Å². The third-order valence-corrected chi connectivity index (χ3v) is 3.63. The van der Waals surface area contributed by atoms with Gasteiger partial charge in [-0.1, -0.05) is 27.2 Å². The molecule has 1 rings (SSSR count). The van der Waals surface area contributed by atoms with Crippen molar-refractivity contribution in [3.05, 3.63) is 0 Å². The maximum Gasteiger partial charge on any atom is 0.0700 e. The zero-order valence-electron chi connectivity index (χ0n) is 11.1. The molecule has 0 aliphatic carbocycles. The quantitative estimate of drug-likeness (QED) is 0.756. The average molecular weight is 228 g/mol. The predicted octanol–water partition coefficient (Wildman–Crippen LogP) is 2.00. The molecule has 0 saturated carbocycles. The summed E-state index contributed by atoms with van der Waals surface area (Å²) in [6.45, 7) is 9.63. The van der Waals surface area contributed by atoms with E-state index in [1.54, 1.807) is 0 Å². The second-order valence-electron chi connectivity index (χ2n) is 4.82. The lowest BCUT2D eigenvalue weighted by atomic mass is 9.99. The molecule has 1 heterocycles. The highest BCUT2D eigenvalue weighted by molar-refractivity contribution is 4.84.